The van der Waals surface area contributed by atoms with Gasteiger partial charge in [-0.15, -0.1) is 0 Å². The first-order valence-electron chi connectivity index (χ1n) is 5.49. The smallest absolute Gasteiger partial charge is 0.280 e. The van der Waals surface area contributed by atoms with Crippen LogP contribution in [0.1, 0.15) is 11.1 Å². The van der Waals surface area contributed by atoms with E-state index in [1.165, 1.54) is 17.7 Å². The number of hydrogen-bond donors (Lipinski definition) is 1. The normalized spacial score (nSPS) is 13.9. The van der Waals surface area contributed by atoms with Crippen molar-refractivity contribution < 1.29 is 8.97 Å². The second-order valence-electron chi connectivity index (χ2n) is 4.10. The zero-order valence-electron chi connectivity index (χ0n) is 9.23. The van der Waals surface area contributed by atoms with Crippen molar-refractivity contribution in [1.29, 1.82) is 0 Å². The predicted octanol–water partition coefficient (Wildman–Crippen LogP) is 2.39. The lowest BCUT2D eigenvalue weighted by atomic mass is 10.1. The van der Waals surface area contributed by atoms with E-state index in [0.717, 1.165) is 23.6 Å². The third kappa shape index (κ3) is 1.60. The molecule has 2 N–H and O–H groups in total. The highest BCUT2D eigenvalue weighted by molar-refractivity contribution is 5.97. The van der Waals surface area contributed by atoms with Gasteiger partial charge in [-0.1, -0.05) is 18.2 Å². The molecule has 0 bridgehead atoms. The Morgan fingerprint density at radius 1 is 1.00 bits per heavy atom. The second kappa shape index (κ2) is 3.70. The summed E-state index contributed by atoms with van der Waals surface area (Å²) < 4.78 is 14.9. The maximum Gasteiger partial charge on any atom is 0.280 e. The minimum absolute atomic E-state index is 0.232. The van der Waals surface area contributed by atoms with Crippen LogP contribution in [0.25, 0.3) is 0 Å². The number of nitrogens with two attached hydrogens (primary N) is 1. The Labute approximate surface area is 98.8 Å². The number of benzene rings is 2. The Bertz CT molecular complexity index is 600. The maximum absolute atomic E-state index is 12.9. The largest absolute Gasteiger partial charge is 0.286 e. The van der Waals surface area contributed by atoms with Gasteiger partial charge in [0.15, 0.2) is 0 Å². The molecule has 17 heavy (non-hydrogen) atoms. The van der Waals surface area contributed by atoms with Crippen molar-refractivity contribution in [3.05, 3.63) is 65.5 Å². The van der Waals surface area contributed by atoms with Crippen molar-refractivity contribution in [2.45, 2.75) is 6.54 Å². The molecule has 2 aromatic rings. The average molecular weight is 227 g/mol. The first-order chi connectivity index (χ1) is 8.25. The van der Waals surface area contributed by atoms with Crippen LogP contribution >= 0.6 is 0 Å². The molecule has 1 aliphatic rings. The summed E-state index contributed by atoms with van der Waals surface area (Å²) in [6.07, 6.45) is 0. The van der Waals surface area contributed by atoms with Gasteiger partial charge in [0.05, 0.1) is 5.56 Å². The standard InChI is InChI=1S/C14H11FN2/c15-11-5-7-12(8-6-11)17-9-10-3-1-2-4-13(10)14(17)16/h1-8,16H,9H2/p+1. The molecule has 3 heteroatoms. The third-order valence-electron chi connectivity index (χ3n) is 3.05. The fourth-order valence-electron chi connectivity index (χ4n) is 2.16. The fraction of sp³-hybridized carbons (Fsp3) is 0.0714. The summed E-state index contributed by atoms with van der Waals surface area (Å²) in [5.74, 6) is 0.497. The Hall–Kier alpha value is -2.16. The number of rotatable bonds is 1. The van der Waals surface area contributed by atoms with Gasteiger partial charge < -0.3 is 0 Å². The Morgan fingerprint density at radius 3 is 2.41 bits per heavy atom. The van der Waals surface area contributed by atoms with Crippen molar-refractivity contribution >= 4 is 11.5 Å². The van der Waals surface area contributed by atoms with Crippen LogP contribution in [0.15, 0.2) is 48.5 Å². The number of fused-ring (bicyclic) bond motifs is 1. The quantitative estimate of drug-likeness (QED) is 0.745. The summed E-state index contributed by atoms with van der Waals surface area (Å²) in [5.41, 5.74) is 9.30. The maximum atomic E-state index is 12.9. The molecule has 0 atom stereocenters. The minimum atomic E-state index is -0.232. The molecular formula is C14H12FN2+. The van der Waals surface area contributed by atoms with Crippen LogP contribution in [-0.2, 0) is 6.54 Å². The van der Waals surface area contributed by atoms with E-state index in [1.807, 2.05) is 22.8 Å². The molecule has 1 aliphatic heterocycles. The molecule has 0 fully saturated rings. The van der Waals surface area contributed by atoms with Crippen molar-refractivity contribution in [1.82, 2.24) is 0 Å². The summed E-state index contributed by atoms with van der Waals surface area (Å²) in [4.78, 5) is 0. The Balaban J connectivity index is 2.08. The van der Waals surface area contributed by atoms with E-state index in [9.17, 15) is 4.39 Å². The van der Waals surface area contributed by atoms with Crippen molar-refractivity contribution in [2.24, 2.45) is 5.73 Å². The molecule has 0 saturated carbocycles. The third-order valence-corrected chi connectivity index (χ3v) is 3.05. The SMILES string of the molecule is NC1=[N+](c2ccc(F)cc2)Cc2ccccc21. The van der Waals surface area contributed by atoms with E-state index < -0.39 is 0 Å². The number of halogens is 1. The van der Waals surface area contributed by atoms with E-state index in [4.69, 9.17) is 5.73 Å². The molecule has 0 radical (unpaired) electrons. The van der Waals surface area contributed by atoms with Gasteiger partial charge in [0.1, 0.15) is 18.0 Å². The van der Waals surface area contributed by atoms with Gasteiger partial charge in [-0.3, -0.25) is 5.73 Å². The van der Waals surface area contributed by atoms with Gasteiger partial charge in [-0.25, -0.2) is 8.97 Å². The van der Waals surface area contributed by atoms with Crippen LogP contribution in [0.4, 0.5) is 10.1 Å². The predicted molar refractivity (Wildman–Crippen MR) is 64.8 cm³/mol. The molecule has 1 heterocycles. The Kier molecular flexibility index (Phi) is 2.18. The van der Waals surface area contributed by atoms with Crippen LogP contribution in [0.2, 0.25) is 0 Å². The molecule has 0 aliphatic carbocycles. The summed E-state index contributed by atoms with van der Waals surface area (Å²) in [7, 11) is 0. The molecule has 0 amide bonds. The first-order valence-corrected chi connectivity index (χ1v) is 5.49. The molecule has 84 valence electrons. The lowest BCUT2D eigenvalue weighted by molar-refractivity contribution is -0.453. The van der Waals surface area contributed by atoms with Crippen LogP contribution in [-0.4, -0.2) is 10.4 Å². The van der Waals surface area contributed by atoms with Crippen LogP contribution in [0.5, 0.6) is 0 Å². The van der Waals surface area contributed by atoms with Crippen LogP contribution in [0.3, 0.4) is 0 Å². The van der Waals surface area contributed by atoms with Crippen LogP contribution < -0.4 is 5.73 Å². The molecule has 0 saturated heterocycles. The zero-order valence-corrected chi connectivity index (χ0v) is 9.23. The molecule has 0 unspecified atom stereocenters. The van der Waals surface area contributed by atoms with E-state index in [0.29, 0.717) is 0 Å². The number of hydrogen-bond acceptors (Lipinski definition) is 1. The van der Waals surface area contributed by atoms with E-state index in [1.54, 1.807) is 12.1 Å². The lowest BCUT2D eigenvalue weighted by Gasteiger charge is -2.01. The summed E-state index contributed by atoms with van der Waals surface area (Å²) in [5, 5.41) is 0. The highest BCUT2D eigenvalue weighted by Crippen LogP contribution is 2.23. The van der Waals surface area contributed by atoms with E-state index >= 15 is 0 Å². The summed E-state index contributed by atoms with van der Waals surface area (Å²) in [6.45, 7) is 0.744. The Morgan fingerprint density at radius 2 is 1.71 bits per heavy atom. The van der Waals surface area contributed by atoms with Gasteiger partial charge in [0.25, 0.3) is 5.84 Å². The molecule has 0 aromatic heterocycles. The average Bonchev–Trinajstić information content (AvgIpc) is 2.69. The van der Waals surface area contributed by atoms with Gasteiger partial charge in [0, 0.05) is 5.56 Å². The van der Waals surface area contributed by atoms with Gasteiger partial charge in [-0.2, -0.15) is 0 Å². The van der Waals surface area contributed by atoms with Crippen molar-refractivity contribution in [3.63, 3.8) is 0 Å². The lowest BCUT2D eigenvalue weighted by Crippen LogP contribution is -2.19. The van der Waals surface area contributed by atoms with Gasteiger partial charge in [0.2, 0.25) is 0 Å². The topological polar surface area (TPSA) is 29.0 Å². The second-order valence-corrected chi connectivity index (χ2v) is 4.10. The molecule has 0 spiro atoms. The zero-order chi connectivity index (χ0) is 11.8. The van der Waals surface area contributed by atoms with Crippen molar-refractivity contribution in [3.8, 4) is 0 Å². The highest BCUT2D eigenvalue weighted by atomic mass is 19.1. The first kappa shape index (κ1) is 10.0. The van der Waals surface area contributed by atoms with Gasteiger partial charge >= 0.3 is 0 Å². The summed E-state index contributed by atoms with van der Waals surface area (Å²) >= 11 is 0. The molecule has 3 rings (SSSR count). The number of amidine groups is 1. The molecule has 2 nitrogen and oxygen atoms in total. The monoisotopic (exact) mass is 227 g/mol. The van der Waals surface area contributed by atoms with E-state index in [2.05, 4.69) is 6.07 Å². The molecular weight excluding hydrogens is 215 g/mol. The molecule has 2 aromatic carbocycles. The van der Waals surface area contributed by atoms with E-state index in [-0.39, 0.29) is 5.82 Å². The van der Waals surface area contributed by atoms with Crippen molar-refractivity contribution in [2.75, 3.05) is 0 Å². The summed E-state index contributed by atoms with van der Waals surface area (Å²) in [6, 6.07) is 14.4. The number of nitrogens with zero attached hydrogens (tertiary/aromatic N) is 1. The highest BCUT2D eigenvalue weighted by Gasteiger charge is 2.25. The van der Waals surface area contributed by atoms with Gasteiger partial charge in [-0.05, 0) is 30.3 Å². The van der Waals surface area contributed by atoms with Crippen LogP contribution in [0, 0.1) is 5.82 Å². The minimum Gasteiger partial charge on any atom is -0.286 e. The fourth-order valence-corrected chi connectivity index (χ4v) is 2.16.